The molecule has 1 aliphatic rings. The van der Waals surface area contributed by atoms with Gasteiger partial charge in [-0.1, -0.05) is 19.1 Å². The molecular weight excluding hydrogens is 255 g/mol. The summed E-state index contributed by atoms with van der Waals surface area (Å²) in [6.45, 7) is 9.25. The molecule has 112 valence electrons. The highest BCUT2D eigenvalue weighted by atomic mass is 19.1. The minimum atomic E-state index is -0.146. The first-order chi connectivity index (χ1) is 9.71. The number of hydrogen-bond donors (Lipinski definition) is 1. The van der Waals surface area contributed by atoms with Gasteiger partial charge in [-0.05, 0) is 32.0 Å². The van der Waals surface area contributed by atoms with E-state index < -0.39 is 0 Å². The van der Waals surface area contributed by atoms with Crippen molar-refractivity contribution in [3.8, 4) is 0 Å². The van der Waals surface area contributed by atoms with Gasteiger partial charge >= 0.3 is 0 Å². The summed E-state index contributed by atoms with van der Waals surface area (Å²) in [6, 6.07) is 7.01. The predicted molar refractivity (Wildman–Crippen MR) is 80.7 cm³/mol. The topological polar surface area (TPSA) is 24.5 Å². The number of benzene rings is 1. The fraction of sp³-hybridized carbons (Fsp3) is 0.625. The monoisotopic (exact) mass is 280 g/mol. The number of rotatable bonds is 7. The quantitative estimate of drug-likeness (QED) is 0.831. The molecule has 1 saturated heterocycles. The van der Waals surface area contributed by atoms with E-state index in [1.54, 1.807) is 6.07 Å². The average molecular weight is 280 g/mol. The van der Waals surface area contributed by atoms with Crippen LogP contribution in [-0.4, -0.2) is 39.4 Å². The van der Waals surface area contributed by atoms with Crippen molar-refractivity contribution in [3.63, 3.8) is 0 Å². The Morgan fingerprint density at radius 1 is 1.35 bits per heavy atom. The Morgan fingerprint density at radius 3 is 2.75 bits per heavy atom. The summed E-state index contributed by atoms with van der Waals surface area (Å²) in [5, 5.41) is 3.43. The number of nitrogens with zero attached hydrogens (tertiary/aromatic N) is 1. The number of nitrogens with one attached hydrogen (secondary N) is 1. The van der Waals surface area contributed by atoms with Crippen LogP contribution in [0.25, 0.3) is 0 Å². The van der Waals surface area contributed by atoms with Gasteiger partial charge in [-0.15, -0.1) is 0 Å². The van der Waals surface area contributed by atoms with Gasteiger partial charge < -0.3 is 15.0 Å². The first kappa shape index (κ1) is 15.3. The molecule has 1 atom stereocenters. The molecule has 3 nitrogen and oxygen atoms in total. The van der Waals surface area contributed by atoms with Crippen LogP contribution < -0.4 is 10.2 Å². The van der Waals surface area contributed by atoms with Gasteiger partial charge in [-0.2, -0.15) is 0 Å². The maximum absolute atomic E-state index is 14.0. The largest absolute Gasteiger partial charge is 0.381 e. The van der Waals surface area contributed by atoms with Crippen LogP contribution in [0.4, 0.5) is 10.1 Å². The van der Waals surface area contributed by atoms with Crippen molar-refractivity contribution in [1.82, 2.24) is 5.32 Å². The molecule has 0 bridgehead atoms. The van der Waals surface area contributed by atoms with Gasteiger partial charge in [0.1, 0.15) is 5.82 Å². The first-order valence-electron chi connectivity index (χ1n) is 7.49. The van der Waals surface area contributed by atoms with Crippen molar-refractivity contribution in [3.05, 3.63) is 30.1 Å². The standard InChI is InChI=1S/C16H25FN2O/c1-3-18-11-16(9-10-20-13-16)12-19(4-2)15-8-6-5-7-14(15)17/h5-8,18H,3-4,9-13H2,1-2H3. The van der Waals surface area contributed by atoms with E-state index in [0.717, 1.165) is 45.8 Å². The molecule has 1 N–H and O–H groups in total. The zero-order valence-electron chi connectivity index (χ0n) is 12.5. The summed E-state index contributed by atoms with van der Waals surface area (Å²) >= 11 is 0. The van der Waals surface area contributed by atoms with Gasteiger partial charge in [-0.25, -0.2) is 4.39 Å². The summed E-state index contributed by atoms with van der Waals surface area (Å²) in [4.78, 5) is 2.13. The zero-order valence-corrected chi connectivity index (χ0v) is 12.5. The maximum atomic E-state index is 14.0. The summed E-state index contributed by atoms with van der Waals surface area (Å²) in [6.07, 6.45) is 1.03. The average Bonchev–Trinajstić information content (AvgIpc) is 2.93. The molecule has 1 fully saturated rings. The van der Waals surface area contributed by atoms with E-state index in [4.69, 9.17) is 4.74 Å². The molecule has 1 unspecified atom stereocenters. The lowest BCUT2D eigenvalue weighted by Crippen LogP contribution is -2.45. The maximum Gasteiger partial charge on any atom is 0.146 e. The van der Waals surface area contributed by atoms with Crippen molar-refractivity contribution in [1.29, 1.82) is 0 Å². The fourth-order valence-electron chi connectivity index (χ4n) is 2.84. The molecule has 0 amide bonds. The summed E-state index contributed by atoms with van der Waals surface area (Å²) in [5.41, 5.74) is 0.784. The van der Waals surface area contributed by atoms with E-state index >= 15 is 0 Å². The highest BCUT2D eigenvalue weighted by Gasteiger charge is 2.36. The lowest BCUT2D eigenvalue weighted by atomic mass is 9.86. The van der Waals surface area contributed by atoms with Crippen molar-refractivity contribution >= 4 is 5.69 Å². The van der Waals surface area contributed by atoms with Crippen molar-refractivity contribution in [2.75, 3.05) is 44.3 Å². The molecule has 0 saturated carbocycles. The van der Waals surface area contributed by atoms with Crippen LogP contribution in [0.3, 0.4) is 0 Å². The molecule has 0 aromatic heterocycles. The van der Waals surface area contributed by atoms with Gasteiger partial charge in [-0.3, -0.25) is 0 Å². The Hall–Kier alpha value is -1.13. The van der Waals surface area contributed by atoms with E-state index in [0.29, 0.717) is 5.69 Å². The molecule has 4 heteroatoms. The highest BCUT2D eigenvalue weighted by Crippen LogP contribution is 2.31. The minimum Gasteiger partial charge on any atom is -0.381 e. The summed E-state index contributed by atoms with van der Waals surface area (Å²) in [7, 11) is 0. The van der Waals surface area contributed by atoms with Crippen LogP contribution >= 0.6 is 0 Å². The SMILES string of the molecule is CCNCC1(CN(CC)c2ccccc2F)CCOC1. The molecule has 20 heavy (non-hydrogen) atoms. The van der Waals surface area contributed by atoms with Crippen molar-refractivity contribution < 1.29 is 9.13 Å². The lowest BCUT2D eigenvalue weighted by Gasteiger charge is -2.35. The van der Waals surface area contributed by atoms with E-state index in [1.165, 1.54) is 6.07 Å². The van der Waals surface area contributed by atoms with Crippen molar-refractivity contribution in [2.45, 2.75) is 20.3 Å². The van der Waals surface area contributed by atoms with E-state index in [9.17, 15) is 4.39 Å². The molecular formula is C16H25FN2O. The second-order valence-corrected chi connectivity index (χ2v) is 5.55. The Kier molecular flexibility index (Phi) is 5.38. The molecule has 0 spiro atoms. The Morgan fingerprint density at radius 2 is 2.15 bits per heavy atom. The van der Waals surface area contributed by atoms with Crippen LogP contribution in [0.15, 0.2) is 24.3 Å². The third-order valence-electron chi connectivity index (χ3n) is 4.04. The van der Waals surface area contributed by atoms with Crippen LogP contribution in [0.1, 0.15) is 20.3 Å². The zero-order chi connectivity index (χ0) is 14.4. The first-order valence-corrected chi connectivity index (χ1v) is 7.49. The van der Waals surface area contributed by atoms with Gasteiger partial charge in [0, 0.05) is 31.7 Å². The second-order valence-electron chi connectivity index (χ2n) is 5.55. The predicted octanol–water partition coefficient (Wildman–Crippen LogP) is 2.67. The van der Waals surface area contributed by atoms with E-state index in [-0.39, 0.29) is 11.2 Å². The number of ether oxygens (including phenoxy) is 1. The molecule has 1 aromatic carbocycles. The lowest BCUT2D eigenvalue weighted by molar-refractivity contribution is 0.152. The van der Waals surface area contributed by atoms with E-state index in [1.807, 2.05) is 12.1 Å². The van der Waals surface area contributed by atoms with Crippen molar-refractivity contribution in [2.24, 2.45) is 5.41 Å². The van der Waals surface area contributed by atoms with Gasteiger partial charge in [0.25, 0.3) is 0 Å². The number of hydrogen-bond acceptors (Lipinski definition) is 3. The number of halogens is 1. The number of para-hydroxylation sites is 1. The highest BCUT2D eigenvalue weighted by molar-refractivity contribution is 5.47. The van der Waals surface area contributed by atoms with Crippen LogP contribution in [-0.2, 0) is 4.74 Å². The third kappa shape index (κ3) is 3.49. The van der Waals surface area contributed by atoms with Gasteiger partial charge in [0.15, 0.2) is 0 Å². The summed E-state index contributed by atoms with van der Waals surface area (Å²) < 4.78 is 19.6. The Bertz CT molecular complexity index is 419. The molecule has 1 aliphatic heterocycles. The molecule has 0 radical (unpaired) electrons. The fourth-order valence-corrected chi connectivity index (χ4v) is 2.84. The smallest absolute Gasteiger partial charge is 0.146 e. The molecule has 1 aromatic rings. The van der Waals surface area contributed by atoms with Crippen LogP contribution in [0.2, 0.25) is 0 Å². The molecule has 2 rings (SSSR count). The van der Waals surface area contributed by atoms with Crippen LogP contribution in [0, 0.1) is 11.2 Å². The molecule has 0 aliphatic carbocycles. The summed E-state index contributed by atoms with van der Waals surface area (Å²) in [5.74, 6) is -0.146. The Labute approximate surface area is 121 Å². The third-order valence-corrected chi connectivity index (χ3v) is 4.04. The molecule has 1 heterocycles. The van der Waals surface area contributed by atoms with E-state index in [2.05, 4.69) is 24.1 Å². The normalized spacial score (nSPS) is 22.1. The minimum absolute atomic E-state index is 0.0916. The van der Waals surface area contributed by atoms with Gasteiger partial charge in [0.2, 0.25) is 0 Å². The Balaban J connectivity index is 2.13. The number of anilines is 1. The van der Waals surface area contributed by atoms with Crippen LogP contribution in [0.5, 0.6) is 0 Å². The second kappa shape index (κ2) is 7.04. The van der Waals surface area contributed by atoms with Gasteiger partial charge in [0.05, 0.1) is 12.3 Å².